The van der Waals surface area contributed by atoms with Gasteiger partial charge in [0.25, 0.3) is 0 Å². The quantitative estimate of drug-likeness (QED) is 0.627. The highest BCUT2D eigenvalue weighted by molar-refractivity contribution is 8.00. The van der Waals surface area contributed by atoms with E-state index in [1.165, 1.54) is 0 Å². The van der Waals surface area contributed by atoms with Gasteiger partial charge < -0.3 is 11.1 Å². The zero-order chi connectivity index (χ0) is 11.7. The number of amides is 1. The van der Waals surface area contributed by atoms with Gasteiger partial charge in [0.2, 0.25) is 5.91 Å². The molecule has 3 nitrogen and oxygen atoms in total. The molecule has 2 atom stereocenters. The Labute approximate surface area is 97.6 Å². The molecule has 0 spiro atoms. The first-order chi connectivity index (χ1) is 7.11. The van der Waals surface area contributed by atoms with E-state index in [2.05, 4.69) is 19.2 Å². The monoisotopic (exact) mass is 232 g/mol. The number of hydrogen-bond acceptors (Lipinski definition) is 3. The molecule has 0 aromatic rings. The van der Waals surface area contributed by atoms with Crippen LogP contribution in [0.4, 0.5) is 0 Å². The number of nitrogens with two attached hydrogens (primary N) is 1. The van der Waals surface area contributed by atoms with Crippen molar-refractivity contribution in [2.75, 3.05) is 12.3 Å². The van der Waals surface area contributed by atoms with E-state index in [0.717, 1.165) is 25.0 Å². The summed E-state index contributed by atoms with van der Waals surface area (Å²) < 4.78 is 0. The second kappa shape index (κ2) is 9.04. The third-order valence-corrected chi connectivity index (χ3v) is 3.43. The topological polar surface area (TPSA) is 55.1 Å². The van der Waals surface area contributed by atoms with Gasteiger partial charge in [-0.15, -0.1) is 11.8 Å². The van der Waals surface area contributed by atoms with Crippen LogP contribution in [-0.2, 0) is 4.79 Å². The molecule has 0 radical (unpaired) electrons. The lowest BCUT2D eigenvalue weighted by Crippen LogP contribution is -2.37. The van der Waals surface area contributed by atoms with Crippen molar-refractivity contribution in [2.24, 2.45) is 5.73 Å². The van der Waals surface area contributed by atoms with Crippen LogP contribution in [0.1, 0.15) is 40.0 Å². The van der Waals surface area contributed by atoms with Crippen molar-refractivity contribution >= 4 is 17.7 Å². The van der Waals surface area contributed by atoms with Gasteiger partial charge in [-0.3, -0.25) is 4.79 Å². The van der Waals surface area contributed by atoms with Crippen LogP contribution in [0.2, 0.25) is 0 Å². The van der Waals surface area contributed by atoms with E-state index in [1.807, 2.05) is 6.92 Å². The Hall–Kier alpha value is -0.220. The molecule has 0 saturated carbocycles. The molecule has 0 rings (SSSR count). The second-order valence-electron chi connectivity index (χ2n) is 3.85. The van der Waals surface area contributed by atoms with E-state index in [9.17, 15) is 4.79 Å². The second-order valence-corrected chi connectivity index (χ2v) is 5.30. The minimum absolute atomic E-state index is 0.0378. The van der Waals surface area contributed by atoms with Gasteiger partial charge in [0, 0.05) is 6.04 Å². The smallest absolute Gasteiger partial charge is 0.233 e. The first kappa shape index (κ1) is 14.8. The van der Waals surface area contributed by atoms with Crippen LogP contribution in [-0.4, -0.2) is 29.5 Å². The molecule has 90 valence electrons. The number of rotatable bonds is 8. The first-order valence-electron chi connectivity index (χ1n) is 5.73. The van der Waals surface area contributed by atoms with Crippen molar-refractivity contribution in [2.45, 2.75) is 51.3 Å². The summed E-state index contributed by atoms with van der Waals surface area (Å²) in [5.41, 5.74) is 5.40. The van der Waals surface area contributed by atoms with E-state index in [-0.39, 0.29) is 11.2 Å². The maximum Gasteiger partial charge on any atom is 0.233 e. The molecule has 0 aliphatic heterocycles. The summed E-state index contributed by atoms with van der Waals surface area (Å²) in [6.45, 7) is 6.84. The lowest BCUT2D eigenvalue weighted by atomic mass is 10.2. The van der Waals surface area contributed by atoms with Gasteiger partial charge in [-0.05, 0) is 39.0 Å². The maximum atomic E-state index is 11.7. The average Bonchev–Trinajstić information content (AvgIpc) is 2.18. The SMILES string of the molecule is CCCC(C)NC(=O)C(C)SCCCN. The fourth-order valence-corrected chi connectivity index (χ4v) is 2.19. The van der Waals surface area contributed by atoms with Crippen LogP contribution in [0.15, 0.2) is 0 Å². The van der Waals surface area contributed by atoms with Crippen molar-refractivity contribution in [3.8, 4) is 0 Å². The number of thioether (sulfide) groups is 1. The summed E-state index contributed by atoms with van der Waals surface area (Å²) in [5.74, 6) is 1.12. The lowest BCUT2D eigenvalue weighted by Gasteiger charge is -2.16. The molecule has 0 aromatic carbocycles. The largest absolute Gasteiger partial charge is 0.353 e. The van der Waals surface area contributed by atoms with Crippen LogP contribution >= 0.6 is 11.8 Å². The number of nitrogens with one attached hydrogen (secondary N) is 1. The Balaban J connectivity index is 3.68. The van der Waals surface area contributed by atoms with Gasteiger partial charge in [-0.2, -0.15) is 0 Å². The van der Waals surface area contributed by atoms with E-state index >= 15 is 0 Å². The fraction of sp³-hybridized carbons (Fsp3) is 0.909. The van der Waals surface area contributed by atoms with E-state index in [1.54, 1.807) is 11.8 Å². The highest BCUT2D eigenvalue weighted by atomic mass is 32.2. The summed E-state index contributed by atoms with van der Waals surface area (Å²) >= 11 is 1.68. The van der Waals surface area contributed by atoms with Crippen LogP contribution in [0.25, 0.3) is 0 Å². The Morgan fingerprint density at radius 3 is 2.67 bits per heavy atom. The normalized spacial score (nSPS) is 14.7. The van der Waals surface area contributed by atoms with Gasteiger partial charge >= 0.3 is 0 Å². The Kier molecular flexibility index (Phi) is 8.91. The maximum absolute atomic E-state index is 11.7. The summed E-state index contributed by atoms with van der Waals surface area (Å²) in [4.78, 5) is 11.7. The van der Waals surface area contributed by atoms with Crippen molar-refractivity contribution in [3.05, 3.63) is 0 Å². The summed E-state index contributed by atoms with van der Waals surface area (Å²) in [6.07, 6.45) is 3.13. The van der Waals surface area contributed by atoms with Crippen molar-refractivity contribution in [1.29, 1.82) is 0 Å². The minimum atomic E-state index is 0.0378. The third-order valence-electron chi connectivity index (χ3n) is 2.20. The number of carbonyl (C=O) groups excluding carboxylic acids is 1. The van der Waals surface area contributed by atoms with Gasteiger partial charge in [0.1, 0.15) is 0 Å². The van der Waals surface area contributed by atoms with Crippen molar-refractivity contribution < 1.29 is 4.79 Å². The predicted octanol–water partition coefficient (Wildman–Crippen LogP) is 1.76. The van der Waals surface area contributed by atoms with E-state index < -0.39 is 0 Å². The van der Waals surface area contributed by atoms with Crippen molar-refractivity contribution in [1.82, 2.24) is 5.32 Å². The number of hydrogen-bond donors (Lipinski definition) is 2. The van der Waals surface area contributed by atoms with E-state index in [0.29, 0.717) is 12.6 Å². The standard InChI is InChI=1S/C11H24N2OS/c1-4-6-9(2)13-11(14)10(3)15-8-5-7-12/h9-10H,4-8,12H2,1-3H3,(H,13,14). The Morgan fingerprint density at radius 1 is 1.47 bits per heavy atom. The zero-order valence-electron chi connectivity index (χ0n) is 10.1. The molecule has 1 amide bonds. The fourth-order valence-electron chi connectivity index (χ4n) is 1.28. The molecule has 2 unspecified atom stereocenters. The molecule has 0 fully saturated rings. The van der Waals surface area contributed by atoms with Gasteiger partial charge in [-0.1, -0.05) is 13.3 Å². The summed E-state index contributed by atoms with van der Waals surface area (Å²) in [5, 5.41) is 3.05. The molecule has 0 aliphatic rings. The number of carbonyl (C=O) groups is 1. The Bertz CT molecular complexity index is 176. The average molecular weight is 232 g/mol. The van der Waals surface area contributed by atoms with E-state index in [4.69, 9.17) is 5.73 Å². The Morgan fingerprint density at radius 2 is 2.13 bits per heavy atom. The van der Waals surface area contributed by atoms with Crippen LogP contribution in [0.5, 0.6) is 0 Å². The molecule has 0 heterocycles. The van der Waals surface area contributed by atoms with Crippen LogP contribution < -0.4 is 11.1 Å². The highest BCUT2D eigenvalue weighted by Crippen LogP contribution is 2.11. The molecular weight excluding hydrogens is 208 g/mol. The minimum Gasteiger partial charge on any atom is -0.353 e. The van der Waals surface area contributed by atoms with Gasteiger partial charge in [-0.25, -0.2) is 0 Å². The van der Waals surface area contributed by atoms with Crippen LogP contribution in [0.3, 0.4) is 0 Å². The molecular formula is C11H24N2OS. The third kappa shape index (κ3) is 7.68. The van der Waals surface area contributed by atoms with Gasteiger partial charge in [0.15, 0.2) is 0 Å². The molecule has 15 heavy (non-hydrogen) atoms. The van der Waals surface area contributed by atoms with Crippen molar-refractivity contribution in [3.63, 3.8) is 0 Å². The molecule has 0 aliphatic carbocycles. The highest BCUT2D eigenvalue weighted by Gasteiger charge is 2.14. The summed E-state index contributed by atoms with van der Waals surface area (Å²) in [6, 6.07) is 0.292. The van der Waals surface area contributed by atoms with Gasteiger partial charge in [0.05, 0.1) is 5.25 Å². The predicted molar refractivity (Wildman–Crippen MR) is 68.1 cm³/mol. The molecule has 0 saturated heterocycles. The summed E-state index contributed by atoms with van der Waals surface area (Å²) in [7, 11) is 0. The van der Waals surface area contributed by atoms with Crippen LogP contribution in [0, 0.1) is 0 Å². The first-order valence-corrected chi connectivity index (χ1v) is 6.78. The molecule has 4 heteroatoms. The molecule has 0 bridgehead atoms. The molecule has 3 N–H and O–H groups in total. The lowest BCUT2D eigenvalue weighted by molar-refractivity contribution is -0.120. The zero-order valence-corrected chi connectivity index (χ0v) is 10.9. The molecule has 0 aromatic heterocycles.